The minimum absolute atomic E-state index is 0.300. The first-order valence-electron chi connectivity index (χ1n) is 4.50. The van der Waals surface area contributed by atoms with E-state index in [1.54, 1.807) is 0 Å². The number of phenols is 1. The standard InChI is InChI=1S/C10H13ClFNO/c1-2-3-8(13)9-6(11)4-5-7(12)10(9)14/h4-5,8,14H,2-3,13H2,1H3/t8-/m1/s1. The molecular formula is C10H13ClFNO. The number of hydrogen-bond donors (Lipinski definition) is 2. The van der Waals surface area contributed by atoms with E-state index in [1.165, 1.54) is 6.07 Å². The van der Waals surface area contributed by atoms with Gasteiger partial charge >= 0.3 is 0 Å². The molecule has 0 spiro atoms. The molecule has 0 saturated heterocycles. The van der Waals surface area contributed by atoms with Crippen molar-refractivity contribution in [2.75, 3.05) is 0 Å². The van der Waals surface area contributed by atoms with Crippen LogP contribution in [0.15, 0.2) is 12.1 Å². The van der Waals surface area contributed by atoms with E-state index in [2.05, 4.69) is 0 Å². The highest BCUT2D eigenvalue weighted by molar-refractivity contribution is 6.31. The first-order valence-corrected chi connectivity index (χ1v) is 4.88. The zero-order valence-electron chi connectivity index (χ0n) is 7.93. The van der Waals surface area contributed by atoms with Crippen molar-refractivity contribution in [1.82, 2.24) is 0 Å². The molecule has 0 heterocycles. The minimum atomic E-state index is -0.684. The van der Waals surface area contributed by atoms with Crippen LogP contribution in [0.25, 0.3) is 0 Å². The molecule has 0 aliphatic carbocycles. The van der Waals surface area contributed by atoms with Gasteiger partial charge in [0, 0.05) is 16.6 Å². The molecule has 4 heteroatoms. The van der Waals surface area contributed by atoms with E-state index in [-0.39, 0.29) is 0 Å². The van der Waals surface area contributed by atoms with Crippen molar-refractivity contribution in [3.05, 3.63) is 28.5 Å². The van der Waals surface area contributed by atoms with Crippen molar-refractivity contribution in [1.29, 1.82) is 0 Å². The Kier molecular flexibility index (Phi) is 3.72. The van der Waals surface area contributed by atoms with Crippen molar-refractivity contribution in [2.24, 2.45) is 5.73 Å². The van der Waals surface area contributed by atoms with Crippen molar-refractivity contribution in [2.45, 2.75) is 25.8 Å². The molecule has 0 bridgehead atoms. The number of nitrogens with two attached hydrogens (primary N) is 1. The van der Waals surface area contributed by atoms with Crippen LogP contribution < -0.4 is 5.73 Å². The third-order valence-corrected chi connectivity index (χ3v) is 2.41. The molecule has 3 N–H and O–H groups in total. The van der Waals surface area contributed by atoms with Crippen molar-refractivity contribution in [3.63, 3.8) is 0 Å². The van der Waals surface area contributed by atoms with Gasteiger partial charge in [-0.25, -0.2) is 4.39 Å². The number of phenolic OH excluding ortho intramolecular Hbond substituents is 1. The lowest BCUT2D eigenvalue weighted by molar-refractivity contribution is 0.418. The summed E-state index contributed by atoms with van der Waals surface area (Å²) in [5, 5.41) is 9.75. The number of hydrogen-bond acceptors (Lipinski definition) is 2. The molecule has 0 amide bonds. The van der Waals surface area contributed by atoms with E-state index >= 15 is 0 Å². The second kappa shape index (κ2) is 4.62. The molecular weight excluding hydrogens is 205 g/mol. The van der Waals surface area contributed by atoms with Gasteiger partial charge in [0.15, 0.2) is 11.6 Å². The molecule has 0 saturated carbocycles. The average Bonchev–Trinajstić information content (AvgIpc) is 2.13. The lowest BCUT2D eigenvalue weighted by Gasteiger charge is -2.14. The van der Waals surface area contributed by atoms with Gasteiger partial charge in [0.25, 0.3) is 0 Å². The second-order valence-corrected chi connectivity index (χ2v) is 3.59. The predicted octanol–water partition coefficient (Wildman–Crippen LogP) is 2.98. The maximum Gasteiger partial charge on any atom is 0.165 e. The molecule has 0 radical (unpaired) electrons. The van der Waals surface area contributed by atoms with Gasteiger partial charge in [-0.3, -0.25) is 0 Å². The number of benzene rings is 1. The average molecular weight is 218 g/mol. The number of rotatable bonds is 3. The van der Waals surface area contributed by atoms with Crippen LogP contribution in [0.5, 0.6) is 5.75 Å². The van der Waals surface area contributed by atoms with Gasteiger partial charge in [0.1, 0.15) is 0 Å². The summed E-state index contributed by atoms with van der Waals surface area (Å²) < 4.78 is 13.0. The third-order valence-electron chi connectivity index (χ3n) is 2.09. The summed E-state index contributed by atoms with van der Waals surface area (Å²) in [4.78, 5) is 0. The van der Waals surface area contributed by atoms with E-state index in [0.29, 0.717) is 17.0 Å². The van der Waals surface area contributed by atoms with E-state index in [1.807, 2.05) is 6.92 Å². The smallest absolute Gasteiger partial charge is 0.165 e. The quantitative estimate of drug-likeness (QED) is 0.818. The molecule has 1 atom stereocenters. The van der Waals surface area contributed by atoms with Crippen LogP contribution in [0, 0.1) is 5.82 Å². The topological polar surface area (TPSA) is 46.2 Å². The van der Waals surface area contributed by atoms with Gasteiger partial charge in [-0.2, -0.15) is 0 Å². The summed E-state index contributed by atoms with van der Waals surface area (Å²) in [5.41, 5.74) is 6.06. The Morgan fingerprint density at radius 1 is 1.57 bits per heavy atom. The molecule has 1 rings (SSSR count). The molecule has 78 valence electrons. The van der Waals surface area contributed by atoms with E-state index < -0.39 is 17.6 Å². The SMILES string of the molecule is CCC[C@@H](N)c1c(Cl)ccc(F)c1O. The molecule has 0 unspecified atom stereocenters. The van der Waals surface area contributed by atoms with E-state index in [9.17, 15) is 9.50 Å². The van der Waals surface area contributed by atoms with Crippen LogP contribution in [0.4, 0.5) is 4.39 Å². The summed E-state index contributed by atoms with van der Waals surface area (Å²) in [6.45, 7) is 1.96. The first-order chi connectivity index (χ1) is 6.57. The Bertz CT molecular complexity index is 330. The maximum absolute atomic E-state index is 13.0. The molecule has 2 nitrogen and oxygen atoms in total. The molecule has 14 heavy (non-hydrogen) atoms. The highest BCUT2D eigenvalue weighted by Crippen LogP contribution is 2.34. The van der Waals surface area contributed by atoms with Gasteiger partial charge in [-0.05, 0) is 18.6 Å². The van der Waals surface area contributed by atoms with Crippen LogP contribution in [-0.2, 0) is 0 Å². The predicted molar refractivity (Wildman–Crippen MR) is 54.9 cm³/mol. The Labute approximate surface area is 87.5 Å². The van der Waals surface area contributed by atoms with E-state index in [0.717, 1.165) is 12.5 Å². The summed E-state index contributed by atoms with van der Waals surface area (Å²) in [6, 6.07) is 2.12. The number of aromatic hydroxyl groups is 1. The first kappa shape index (κ1) is 11.3. The monoisotopic (exact) mass is 217 g/mol. The molecule has 1 aromatic rings. The molecule has 0 aliphatic heterocycles. The van der Waals surface area contributed by atoms with Crippen molar-refractivity contribution in [3.8, 4) is 5.75 Å². The lowest BCUT2D eigenvalue weighted by atomic mass is 10.0. The maximum atomic E-state index is 13.0. The van der Waals surface area contributed by atoms with Crippen molar-refractivity contribution < 1.29 is 9.50 Å². The molecule has 1 aromatic carbocycles. The Morgan fingerprint density at radius 3 is 2.79 bits per heavy atom. The largest absolute Gasteiger partial charge is 0.505 e. The zero-order chi connectivity index (χ0) is 10.7. The van der Waals surface area contributed by atoms with Crippen LogP contribution in [0.3, 0.4) is 0 Å². The van der Waals surface area contributed by atoms with Gasteiger partial charge in [-0.1, -0.05) is 24.9 Å². The highest BCUT2D eigenvalue weighted by Gasteiger charge is 2.17. The summed E-state index contributed by atoms with van der Waals surface area (Å²) in [5.74, 6) is -1.12. The van der Waals surface area contributed by atoms with Crippen LogP contribution in [0.1, 0.15) is 31.4 Å². The second-order valence-electron chi connectivity index (χ2n) is 3.19. The fraction of sp³-hybridized carbons (Fsp3) is 0.400. The third kappa shape index (κ3) is 2.16. The molecule has 0 aromatic heterocycles. The summed E-state index contributed by atoms with van der Waals surface area (Å²) >= 11 is 5.83. The normalized spacial score (nSPS) is 12.9. The molecule has 0 fully saturated rings. The van der Waals surface area contributed by atoms with Crippen LogP contribution in [-0.4, -0.2) is 5.11 Å². The Morgan fingerprint density at radius 2 is 2.21 bits per heavy atom. The van der Waals surface area contributed by atoms with Crippen LogP contribution >= 0.6 is 11.6 Å². The fourth-order valence-corrected chi connectivity index (χ4v) is 1.66. The minimum Gasteiger partial charge on any atom is -0.505 e. The molecule has 0 aliphatic rings. The Hall–Kier alpha value is -0.800. The van der Waals surface area contributed by atoms with Gasteiger partial charge < -0.3 is 10.8 Å². The van der Waals surface area contributed by atoms with E-state index in [4.69, 9.17) is 17.3 Å². The summed E-state index contributed by atoms with van der Waals surface area (Å²) in [6.07, 6.45) is 1.52. The fourth-order valence-electron chi connectivity index (χ4n) is 1.36. The Balaban J connectivity index is 3.11. The lowest BCUT2D eigenvalue weighted by Crippen LogP contribution is -2.11. The van der Waals surface area contributed by atoms with Gasteiger partial charge in [-0.15, -0.1) is 0 Å². The summed E-state index contributed by atoms with van der Waals surface area (Å²) in [7, 11) is 0. The van der Waals surface area contributed by atoms with Gasteiger partial charge in [0.2, 0.25) is 0 Å². The highest BCUT2D eigenvalue weighted by atomic mass is 35.5. The number of halogens is 2. The van der Waals surface area contributed by atoms with Crippen molar-refractivity contribution >= 4 is 11.6 Å². The van der Waals surface area contributed by atoms with Gasteiger partial charge in [0.05, 0.1) is 0 Å². The zero-order valence-corrected chi connectivity index (χ0v) is 8.68. The van der Waals surface area contributed by atoms with Crippen LogP contribution in [0.2, 0.25) is 5.02 Å².